The van der Waals surface area contributed by atoms with E-state index in [-0.39, 0.29) is 17.4 Å². The first-order valence-electron chi connectivity index (χ1n) is 9.46. The second-order valence-electron chi connectivity index (χ2n) is 7.02. The SMILES string of the molecule is CCC(C(=O)NCCc1cc2c(C)ccc(C)c2[nH]c1=O)c1ccccc1. The molecule has 0 saturated carbocycles. The summed E-state index contributed by atoms with van der Waals surface area (Å²) in [5.74, 6) is -0.154. The van der Waals surface area contributed by atoms with Gasteiger partial charge in [-0.15, -0.1) is 0 Å². The Balaban J connectivity index is 1.72. The van der Waals surface area contributed by atoms with E-state index in [0.717, 1.165) is 34.0 Å². The Kier molecular flexibility index (Phi) is 5.75. The Morgan fingerprint density at radius 3 is 2.48 bits per heavy atom. The standard InChI is InChI=1S/C23H26N2O2/c1-4-19(17-8-6-5-7-9-17)23(27)24-13-12-18-14-20-15(2)10-11-16(3)21(20)25-22(18)26/h5-11,14,19H,4,12-13H2,1-3H3,(H,24,27)(H,25,26). The number of nitrogens with one attached hydrogen (secondary N) is 2. The van der Waals surface area contributed by atoms with E-state index in [2.05, 4.69) is 16.4 Å². The average molecular weight is 362 g/mol. The van der Waals surface area contributed by atoms with Crippen LogP contribution in [-0.2, 0) is 11.2 Å². The van der Waals surface area contributed by atoms with Crippen molar-refractivity contribution in [3.63, 3.8) is 0 Å². The van der Waals surface area contributed by atoms with Crippen LogP contribution in [0, 0.1) is 13.8 Å². The van der Waals surface area contributed by atoms with E-state index in [4.69, 9.17) is 0 Å². The number of hydrogen-bond donors (Lipinski definition) is 2. The van der Waals surface area contributed by atoms with Gasteiger partial charge < -0.3 is 10.3 Å². The van der Waals surface area contributed by atoms with E-state index < -0.39 is 0 Å². The van der Waals surface area contributed by atoms with Crippen molar-refractivity contribution in [1.82, 2.24) is 10.3 Å². The molecule has 0 fully saturated rings. The minimum atomic E-state index is -0.161. The molecule has 140 valence electrons. The van der Waals surface area contributed by atoms with Crippen LogP contribution in [0.25, 0.3) is 10.9 Å². The lowest BCUT2D eigenvalue weighted by atomic mass is 9.95. The summed E-state index contributed by atoms with van der Waals surface area (Å²) in [5, 5.41) is 4.05. The predicted molar refractivity (Wildman–Crippen MR) is 110 cm³/mol. The van der Waals surface area contributed by atoms with Gasteiger partial charge in [0, 0.05) is 17.5 Å². The molecule has 0 bridgehead atoms. The molecule has 0 aliphatic rings. The van der Waals surface area contributed by atoms with Gasteiger partial charge >= 0.3 is 0 Å². The molecule has 0 aliphatic heterocycles. The Morgan fingerprint density at radius 2 is 1.78 bits per heavy atom. The van der Waals surface area contributed by atoms with Gasteiger partial charge in [0.2, 0.25) is 5.91 Å². The van der Waals surface area contributed by atoms with Crippen molar-refractivity contribution < 1.29 is 4.79 Å². The molecular weight excluding hydrogens is 336 g/mol. The summed E-state index contributed by atoms with van der Waals surface area (Å²) >= 11 is 0. The number of carbonyl (C=O) groups is 1. The number of hydrogen-bond acceptors (Lipinski definition) is 2. The number of aromatic nitrogens is 1. The lowest BCUT2D eigenvalue weighted by molar-refractivity contribution is -0.122. The average Bonchev–Trinajstić information content (AvgIpc) is 2.67. The monoisotopic (exact) mass is 362 g/mol. The van der Waals surface area contributed by atoms with Crippen LogP contribution < -0.4 is 10.9 Å². The number of carbonyl (C=O) groups excluding carboxylic acids is 1. The Labute approximate surface area is 159 Å². The van der Waals surface area contributed by atoms with Crippen LogP contribution in [0.15, 0.2) is 53.3 Å². The predicted octanol–water partition coefficient (Wildman–Crippen LogP) is 4.00. The van der Waals surface area contributed by atoms with Gasteiger partial charge in [0.05, 0.1) is 11.4 Å². The van der Waals surface area contributed by atoms with E-state index in [1.807, 2.05) is 63.2 Å². The summed E-state index contributed by atoms with van der Waals surface area (Å²) in [7, 11) is 0. The fourth-order valence-corrected chi connectivity index (χ4v) is 3.51. The van der Waals surface area contributed by atoms with Crippen molar-refractivity contribution in [2.45, 2.75) is 39.5 Å². The maximum Gasteiger partial charge on any atom is 0.251 e. The molecule has 27 heavy (non-hydrogen) atoms. The molecule has 0 spiro atoms. The summed E-state index contributed by atoms with van der Waals surface area (Å²) in [6, 6.07) is 15.8. The van der Waals surface area contributed by atoms with Crippen molar-refractivity contribution in [1.29, 1.82) is 0 Å². The van der Waals surface area contributed by atoms with Crippen LogP contribution in [0.5, 0.6) is 0 Å². The maximum atomic E-state index is 12.6. The zero-order chi connectivity index (χ0) is 19.4. The third kappa shape index (κ3) is 4.11. The van der Waals surface area contributed by atoms with Crippen molar-refractivity contribution in [2.75, 3.05) is 6.54 Å². The third-order valence-electron chi connectivity index (χ3n) is 5.14. The molecule has 3 rings (SSSR count). The summed E-state index contributed by atoms with van der Waals surface area (Å²) in [6.45, 7) is 6.49. The maximum absolute atomic E-state index is 12.6. The fourth-order valence-electron chi connectivity index (χ4n) is 3.51. The highest BCUT2D eigenvalue weighted by Crippen LogP contribution is 2.20. The molecule has 1 atom stereocenters. The first-order chi connectivity index (χ1) is 13.0. The molecule has 0 saturated heterocycles. The van der Waals surface area contributed by atoms with Crippen molar-refractivity contribution in [2.24, 2.45) is 0 Å². The van der Waals surface area contributed by atoms with Crippen LogP contribution >= 0.6 is 0 Å². The Bertz CT molecular complexity index is 1010. The summed E-state index contributed by atoms with van der Waals surface area (Å²) in [6.07, 6.45) is 1.25. The number of H-pyrrole nitrogens is 1. The first-order valence-corrected chi connectivity index (χ1v) is 9.46. The fraction of sp³-hybridized carbons (Fsp3) is 0.304. The van der Waals surface area contributed by atoms with Crippen LogP contribution in [0.2, 0.25) is 0 Å². The van der Waals surface area contributed by atoms with E-state index in [1.54, 1.807) is 0 Å². The quantitative estimate of drug-likeness (QED) is 0.696. The van der Waals surface area contributed by atoms with Gasteiger partial charge in [0.1, 0.15) is 0 Å². The van der Waals surface area contributed by atoms with Gasteiger partial charge in [-0.2, -0.15) is 0 Å². The minimum Gasteiger partial charge on any atom is -0.355 e. The number of aromatic amines is 1. The van der Waals surface area contributed by atoms with E-state index in [0.29, 0.717) is 18.5 Å². The van der Waals surface area contributed by atoms with E-state index >= 15 is 0 Å². The van der Waals surface area contributed by atoms with Gasteiger partial charge in [-0.3, -0.25) is 9.59 Å². The Hall–Kier alpha value is -2.88. The zero-order valence-corrected chi connectivity index (χ0v) is 16.1. The highest BCUT2D eigenvalue weighted by molar-refractivity contribution is 5.85. The molecule has 2 N–H and O–H groups in total. The molecule has 4 heteroatoms. The van der Waals surface area contributed by atoms with Gasteiger partial charge in [-0.05, 0) is 49.4 Å². The normalized spacial score (nSPS) is 12.1. The van der Waals surface area contributed by atoms with Crippen LogP contribution in [0.1, 0.15) is 41.5 Å². The molecule has 1 amide bonds. The number of pyridine rings is 1. The summed E-state index contributed by atoms with van der Waals surface area (Å²) in [4.78, 5) is 28.0. The first kappa shape index (κ1) is 18.9. The number of aryl methyl sites for hydroxylation is 2. The molecule has 1 heterocycles. The lowest BCUT2D eigenvalue weighted by Crippen LogP contribution is -2.31. The molecule has 2 aromatic carbocycles. The molecule has 3 aromatic rings. The van der Waals surface area contributed by atoms with Crippen LogP contribution in [0.4, 0.5) is 0 Å². The molecule has 0 aliphatic carbocycles. The number of amides is 1. The van der Waals surface area contributed by atoms with Crippen LogP contribution in [0.3, 0.4) is 0 Å². The second-order valence-corrected chi connectivity index (χ2v) is 7.02. The molecular formula is C23H26N2O2. The van der Waals surface area contributed by atoms with E-state index in [1.165, 1.54) is 0 Å². The van der Waals surface area contributed by atoms with Gasteiger partial charge in [0.25, 0.3) is 5.56 Å². The molecule has 1 aromatic heterocycles. The van der Waals surface area contributed by atoms with E-state index in [9.17, 15) is 9.59 Å². The topological polar surface area (TPSA) is 62.0 Å². The molecule has 4 nitrogen and oxygen atoms in total. The van der Waals surface area contributed by atoms with Gasteiger partial charge in [0.15, 0.2) is 0 Å². The third-order valence-corrected chi connectivity index (χ3v) is 5.14. The number of fused-ring (bicyclic) bond motifs is 1. The minimum absolute atomic E-state index is 0.00735. The van der Waals surface area contributed by atoms with Gasteiger partial charge in [-0.1, -0.05) is 49.4 Å². The highest BCUT2D eigenvalue weighted by Gasteiger charge is 2.18. The summed E-state index contributed by atoms with van der Waals surface area (Å²) < 4.78 is 0. The van der Waals surface area contributed by atoms with Gasteiger partial charge in [-0.25, -0.2) is 0 Å². The zero-order valence-electron chi connectivity index (χ0n) is 16.1. The number of benzene rings is 2. The van der Waals surface area contributed by atoms with Crippen molar-refractivity contribution in [3.05, 3.63) is 81.1 Å². The lowest BCUT2D eigenvalue weighted by Gasteiger charge is -2.15. The van der Waals surface area contributed by atoms with Crippen molar-refractivity contribution in [3.8, 4) is 0 Å². The van der Waals surface area contributed by atoms with Crippen LogP contribution in [-0.4, -0.2) is 17.4 Å². The molecule has 0 radical (unpaired) electrons. The Morgan fingerprint density at radius 1 is 1.07 bits per heavy atom. The number of rotatable bonds is 6. The van der Waals surface area contributed by atoms with Crippen molar-refractivity contribution >= 4 is 16.8 Å². The molecule has 1 unspecified atom stereocenters. The second kappa shape index (κ2) is 8.21. The largest absolute Gasteiger partial charge is 0.355 e. The summed E-state index contributed by atoms with van der Waals surface area (Å²) in [5.41, 5.74) is 4.72. The highest BCUT2D eigenvalue weighted by atomic mass is 16.2. The smallest absolute Gasteiger partial charge is 0.251 e.